The molecule has 1 aromatic heterocycles. The summed E-state index contributed by atoms with van der Waals surface area (Å²) in [5.41, 5.74) is 4.10. The van der Waals surface area contributed by atoms with E-state index in [4.69, 9.17) is 0 Å². The maximum atomic E-state index is 14.6. The van der Waals surface area contributed by atoms with Crippen LogP contribution in [0.1, 0.15) is 34.3 Å². The van der Waals surface area contributed by atoms with Gasteiger partial charge in [-0.25, -0.2) is 4.39 Å². The van der Waals surface area contributed by atoms with Gasteiger partial charge in [0.05, 0.1) is 11.7 Å². The second-order valence-corrected chi connectivity index (χ2v) is 9.73. The van der Waals surface area contributed by atoms with E-state index in [1.54, 1.807) is 0 Å². The highest BCUT2D eigenvalue weighted by molar-refractivity contribution is 6.06. The molecule has 2 fully saturated rings. The van der Waals surface area contributed by atoms with Gasteiger partial charge in [0.2, 0.25) is 11.8 Å². The molecule has 36 heavy (non-hydrogen) atoms. The van der Waals surface area contributed by atoms with Gasteiger partial charge < -0.3 is 9.80 Å². The minimum Gasteiger partial charge on any atom is -0.369 e. The van der Waals surface area contributed by atoms with Gasteiger partial charge in [-0.1, -0.05) is 12.1 Å². The maximum absolute atomic E-state index is 14.6. The van der Waals surface area contributed by atoms with Crippen LogP contribution < -0.4 is 10.2 Å². The van der Waals surface area contributed by atoms with Crippen molar-refractivity contribution in [1.29, 1.82) is 0 Å². The molecule has 10 heteroatoms. The van der Waals surface area contributed by atoms with E-state index in [0.29, 0.717) is 24.3 Å². The Hall–Kier alpha value is -3.79. The number of fused-ring (bicyclic) bond motifs is 2. The molecule has 3 aliphatic heterocycles. The standard InChI is InChI=1S/C26H27FN6O3/c1-30-21-4-2-3-16(19(21)13-28-30)14-31-7-9-32(10-8-31)23-12-17(27)11-18-20(23)15-33(26(18)36)22-5-6-24(34)29-25(22)35/h2-4,11-13,22H,5-10,14-15H2,1H3,(H,29,34,35). The Morgan fingerprint density at radius 3 is 2.69 bits per heavy atom. The van der Waals surface area contributed by atoms with E-state index in [-0.39, 0.29) is 31.2 Å². The first-order valence-electron chi connectivity index (χ1n) is 12.2. The number of imide groups is 1. The third-order valence-electron chi connectivity index (χ3n) is 7.59. The van der Waals surface area contributed by atoms with Crippen LogP contribution in [0.2, 0.25) is 0 Å². The van der Waals surface area contributed by atoms with Gasteiger partial charge >= 0.3 is 0 Å². The summed E-state index contributed by atoms with van der Waals surface area (Å²) < 4.78 is 16.5. The predicted octanol–water partition coefficient (Wildman–Crippen LogP) is 1.80. The number of rotatable bonds is 4. The smallest absolute Gasteiger partial charge is 0.255 e. The fourth-order valence-corrected chi connectivity index (χ4v) is 5.65. The molecular weight excluding hydrogens is 463 g/mol. The van der Waals surface area contributed by atoms with Gasteiger partial charge in [0.1, 0.15) is 11.9 Å². The topological polar surface area (TPSA) is 90.8 Å². The van der Waals surface area contributed by atoms with E-state index in [9.17, 15) is 18.8 Å². The number of nitrogens with zero attached hydrogens (tertiary/aromatic N) is 5. The lowest BCUT2D eigenvalue weighted by Gasteiger charge is -2.37. The van der Waals surface area contributed by atoms with E-state index in [2.05, 4.69) is 38.4 Å². The molecule has 1 N–H and O–H groups in total. The number of anilines is 1. The first-order chi connectivity index (χ1) is 17.4. The molecule has 0 radical (unpaired) electrons. The monoisotopic (exact) mass is 490 g/mol. The molecule has 2 aromatic carbocycles. The van der Waals surface area contributed by atoms with Crippen LogP contribution in [0.15, 0.2) is 36.5 Å². The predicted molar refractivity (Wildman–Crippen MR) is 131 cm³/mol. The number of carbonyl (C=O) groups excluding carboxylic acids is 3. The lowest BCUT2D eigenvalue weighted by molar-refractivity contribution is -0.136. The zero-order chi connectivity index (χ0) is 25.0. The van der Waals surface area contributed by atoms with Gasteiger partial charge in [0.15, 0.2) is 0 Å². The molecule has 3 aromatic rings. The molecule has 0 spiro atoms. The third kappa shape index (κ3) is 3.81. The SMILES string of the molecule is Cn1ncc2c(CN3CCN(c4cc(F)cc5c4CN(C4CCC(=O)NC4=O)C5=O)CC3)cccc21. The highest BCUT2D eigenvalue weighted by Crippen LogP contribution is 2.35. The average molecular weight is 491 g/mol. The molecule has 4 heterocycles. The molecule has 186 valence electrons. The summed E-state index contributed by atoms with van der Waals surface area (Å²) in [5, 5.41) is 7.84. The number of hydrogen-bond donors (Lipinski definition) is 1. The number of piperazine rings is 1. The number of aromatic nitrogens is 2. The van der Waals surface area contributed by atoms with Crippen molar-refractivity contribution in [2.75, 3.05) is 31.1 Å². The molecule has 1 unspecified atom stereocenters. The Kier molecular flexibility index (Phi) is 5.48. The van der Waals surface area contributed by atoms with Crippen LogP contribution in [0, 0.1) is 5.82 Å². The lowest BCUT2D eigenvalue weighted by atomic mass is 10.0. The molecule has 9 nitrogen and oxygen atoms in total. The third-order valence-corrected chi connectivity index (χ3v) is 7.59. The number of aryl methyl sites for hydroxylation is 1. The van der Waals surface area contributed by atoms with Crippen molar-refractivity contribution < 1.29 is 18.8 Å². The average Bonchev–Trinajstić information content (AvgIpc) is 3.40. The molecule has 3 aliphatic rings. The largest absolute Gasteiger partial charge is 0.369 e. The highest BCUT2D eigenvalue weighted by Gasteiger charge is 2.41. The fraction of sp³-hybridized carbons (Fsp3) is 0.385. The van der Waals surface area contributed by atoms with Gasteiger partial charge in [0.25, 0.3) is 5.91 Å². The molecule has 0 saturated carbocycles. The Balaban J connectivity index is 1.18. The van der Waals surface area contributed by atoms with Crippen LogP contribution in [-0.4, -0.2) is 69.5 Å². The second-order valence-electron chi connectivity index (χ2n) is 9.73. The van der Waals surface area contributed by atoms with Crippen LogP contribution in [0.25, 0.3) is 10.9 Å². The zero-order valence-corrected chi connectivity index (χ0v) is 20.0. The number of carbonyl (C=O) groups is 3. The fourth-order valence-electron chi connectivity index (χ4n) is 5.65. The molecule has 3 amide bonds. The first-order valence-corrected chi connectivity index (χ1v) is 12.2. The van der Waals surface area contributed by atoms with Gasteiger partial charge in [0, 0.05) is 74.9 Å². The normalized spacial score (nSPS) is 20.8. The number of amides is 3. The molecular formula is C26H27FN6O3. The minimum absolute atomic E-state index is 0.187. The van der Waals surface area contributed by atoms with Gasteiger partial charge in [-0.15, -0.1) is 0 Å². The van der Waals surface area contributed by atoms with E-state index in [1.165, 1.54) is 22.6 Å². The van der Waals surface area contributed by atoms with Crippen molar-refractivity contribution in [2.24, 2.45) is 7.05 Å². The summed E-state index contributed by atoms with van der Waals surface area (Å²) >= 11 is 0. The Bertz CT molecular complexity index is 1390. The summed E-state index contributed by atoms with van der Waals surface area (Å²) in [6.07, 6.45) is 2.37. The lowest BCUT2D eigenvalue weighted by Crippen LogP contribution is -2.52. The summed E-state index contributed by atoms with van der Waals surface area (Å²) in [6.45, 7) is 4.04. The molecule has 2 saturated heterocycles. The Morgan fingerprint density at radius 1 is 1.11 bits per heavy atom. The van der Waals surface area contributed by atoms with Crippen molar-refractivity contribution in [3.63, 3.8) is 0 Å². The molecule has 1 atom stereocenters. The number of piperidine rings is 1. The summed E-state index contributed by atoms with van der Waals surface area (Å²) in [4.78, 5) is 43.0. The number of hydrogen-bond acceptors (Lipinski definition) is 6. The zero-order valence-electron chi connectivity index (χ0n) is 20.0. The van der Waals surface area contributed by atoms with Crippen LogP contribution in [0.3, 0.4) is 0 Å². The van der Waals surface area contributed by atoms with Crippen molar-refractivity contribution in [1.82, 2.24) is 24.9 Å². The van der Waals surface area contributed by atoms with Crippen molar-refractivity contribution in [3.05, 3.63) is 59.0 Å². The molecule has 6 rings (SSSR count). The van der Waals surface area contributed by atoms with Gasteiger partial charge in [-0.2, -0.15) is 5.10 Å². The van der Waals surface area contributed by atoms with Crippen LogP contribution in [-0.2, 0) is 29.7 Å². The van der Waals surface area contributed by atoms with Crippen molar-refractivity contribution in [2.45, 2.75) is 32.0 Å². The number of benzene rings is 2. The van der Waals surface area contributed by atoms with E-state index in [1.807, 2.05) is 17.9 Å². The summed E-state index contributed by atoms with van der Waals surface area (Å²) in [6, 6.07) is 8.28. The van der Waals surface area contributed by atoms with Crippen LogP contribution >= 0.6 is 0 Å². The molecule has 0 bridgehead atoms. The maximum Gasteiger partial charge on any atom is 0.255 e. The second kappa shape index (κ2) is 8.70. The first kappa shape index (κ1) is 22.7. The van der Waals surface area contributed by atoms with Gasteiger partial charge in [-0.3, -0.25) is 29.3 Å². The highest BCUT2D eigenvalue weighted by atomic mass is 19.1. The Labute approximate surface area is 207 Å². The van der Waals surface area contributed by atoms with E-state index < -0.39 is 17.8 Å². The van der Waals surface area contributed by atoms with Crippen LogP contribution in [0.5, 0.6) is 0 Å². The van der Waals surface area contributed by atoms with Gasteiger partial charge in [-0.05, 0) is 30.2 Å². The molecule has 0 aliphatic carbocycles. The Morgan fingerprint density at radius 2 is 1.92 bits per heavy atom. The van der Waals surface area contributed by atoms with Crippen molar-refractivity contribution in [3.8, 4) is 0 Å². The summed E-state index contributed by atoms with van der Waals surface area (Å²) in [7, 11) is 1.94. The van der Waals surface area contributed by atoms with Crippen LogP contribution in [0.4, 0.5) is 10.1 Å². The van der Waals surface area contributed by atoms with Crippen molar-refractivity contribution >= 4 is 34.3 Å². The summed E-state index contributed by atoms with van der Waals surface area (Å²) in [5.74, 6) is -1.62. The number of halogens is 1. The minimum atomic E-state index is -0.717. The van der Waals surface area contributed by atoms with E-state index >= 15 is 0 Å². The quantitative estimate of drug-likeness (QED) is 0.561. The van der Waals surface area contributed by atoms with E-state index in [0.717, 1.165) is 36.1 Å². The number of nitrogens with one attached hydrogen (secondary N) is 1.